The Balaban J connectivity index is 1.95. The van der Waals surface area contributed by atoms with Crippen molar-refractivity contribution in [1.82, 2.24) is 5.32 Å². The Kier molecular flexibility index (Phi) is 7.48. The van der Waals surface area contributed by atoms with Crippen LogP contribution in [0.1, 0.15) is 52.9 Å². The van der Waals surface area contributed by atoms with Crippen LogP contribution in [0.4, 0.5) is 0 Å². The number of hydrogen-bond acceptors (Lipinski definition) is 4. The molecular weight excluding hydrogens is 256 g/mol. The minimum Gasteiger partial charge on any atom is -0.378 e. The molecule has 118 valence electrons. The van der Waals surface area contributed by atoms with Gasteiger partial charge in [-0.2, -0.15) is 0 Å². The highest BCUT2D eigenvalue weighted by atomic mass is 16.5. The van der Waals surface area contributed by atoms with Crippen LogP contribution in [0.15, 0.2) is 0 Å². The Labute approximate surface area is 122 Å². The van der Waals surface area contributed by atoms with Crippen molar-refractivity contribution >= 4 is 5.91 Å². The summed E-state index contributed by atoms with van der Waals surface area (Å²) in [5.74, 6) is -0.0661. The van der Waals surface area contributed by atoms with Gasteiger partial charge in [-0.25, -0.2) is 0 Å². The number of rotatable bonds is 7. The summed E-state index contributed by atoms with van der Waals surface area (Å²) in [7, 11) is 0. The molecule has 0 unspecified atom stereocenters. The second-order valence-electron chi connectivity index (χ2n) is 6.51. The van der Waals surface area contributed by atoms with Gasteiger partial charge in [-0.3, -0.25) is 4.79 Å². The fourth-order valence-electron chi connectivity index (χ4n) is 2.14. The van der Waals surface area contributed by atoms with Crippen LogP contribution in [0.5, 0.6) is 0 Å². The van der Waals surface area contributed by atoms with E-state index in [1.165, 1.54) is 0 Å². The molecule has 0 bridgehead atoms. The van der Waals surface area contributed by atoms with Crippen molar-refractivity contribution in [3.63, 3.8) is 0 Å². The number of ether oxygens (including phenoxy) is 2. The molecule has 0 aromatic rings. The molecular formula is C15H30N2O3. The van der Waals surface area contributed by atoms with Gasteiger partial charge in [0.1, 0.15) is 6.61 Å². The van der Waals surface area contributed by atoms with E-state index in [0.717, 1.165) is 32.1 Å². The van der Waals surface area contributed by atoms with E-state index >= 15 is 0 Å². The summed E-state index contributed by atoms with van der Waals surface area (Å²) in [6.45, 7) is 7.25. The Morgan fingerprint density at radius 2 is 1.90 bits per heavy atom. The first-order valence-electron chi connectivity index (χ1n) is 7.64. The Morgan fingerprint density at radius 3 is 2.50 bits per heavy atom. The first kappa shape index (κ1) is 17.4. The van der Waals surface area contributed by atoms with E-state index in [4.69, 9.17) is 15.2 Å². The molecule has 1 aliphatic carbocycles. The molecule has 5 heteroatoms. The van der Waals surface area contributed by atoms with Gasteiger partial charge in [-0.1, -0.05) is 0 Å². The van der Waals surface area contributed by atoms with Gasteiger partial charge in [0.05, 0.1) is 11.7 Å². The van der Waals surface area contributed by atoms with Crippen LogP contribution in [-0.4, -0.2) is 43.4 Å². The maximum absolute atomic E-state index is 11.5. The molecule has 0 radical (unpaired) electrons. The van der Waals surface area contributed by atoms with Crippen LogP contribution in [-0.2, 0) is 14.3 Å². The molecule has 0 aliphatic heterocycles. The summed E-state index contributed by atoms with van der Waals surface area (Å²) in [5.41, 5.74) is 5.58. The molecule has 0 aromatic carbocycles. The Morgan fingerprint density at radius 1 is 1.25 bits per heavy atom. The lowest BCUT2D eigenvalue weighted by atomic mass is 9.94. The molecule has 0 heterocycles. The number of amides is 1. The summed E-state index contributed by atoms with van der Waals surface area (Å²) in [6.07, 6.45) is 5.44. The predicted molar refractivity (Wildman–Crippen MR) is 79.5 cm³/mol. The lowest BCUT2D eigenvalue weighted by molar-refractivity contribution is -0.130. The van der Waals surface area contributed by atoms with Crippen LogP contribution >= 0.6 is 0 Å². The van der Waals surface area contributed by atoms with Gasteiger partial charge < -0.3 is 20.5 Å². The molecule has 0 saturated heterocycles. The van der Waals surface area contributed by atoms with Crippen molar-refractivity contribution in [3.8, 4) is 0 Å². The van der Waals surface area contributed by atoms with Crippen molar-refractivity contribution in [1.29, 1.82) is 0 Å². The third-order valence-corrected chi connectivity index (χ3v) is 3.35. The van der Waals surface area contributed by atoms with Crippen LogP contribution in [0.2, 0.25) is 0 Å². The summed E-state index contributed by atoms with van der Waals surface area (Å²) in [6, 6.07) is 0.358. The van der Waals surface area contributed by atoms with Gasteiger partial charge in [0.2, 0.25) is 5.91 Å². The zero-order valence-corrected chi connectivity index (χ0v) is 13.1. The average molecular weight is 286 g/mol. The quantitative estimate of drug-likeness (QED) is 0.697. The molecule has 1 rings (SSSR count). The zero-order valence-electron chi connectivity index (χ0n) is 13.1. The van der Waals surface area contributed by atoms with E-state index in [1.54, 1.807) is 0 Å². The van der Waals surface area contributed by atoms with Crippen molar-refractivity contribution in [2.45, 2.75) is 70.6 Å². The number of carbonyl (C=O) groups excluding carboxylic acids is 1. The van der Waals surface area contributed by atoms with Crippen LogP contribution in [0, 0.1) is 0 Å². The smallest absolute Gasteiger partial charge is 0.246 e. The van der Waals surface area contributed by atoms with Gasteiger partial charge in [0, 0.05) is 19.2 Å². The van der Waals surface area contributed by atoms with Crippen molar-refractivity contribution < 1.29 is 14.3 Å². The molecule has 1 saturated carbocycles. The van der Waals surface area contributed by atoms with Crippen molar-refractivity contribution in [3.05, 3.63) is 0 Å². The van der Waals surface area contributed by atoms with E-state index in [-0.39, 0.29) is 18.1 Å². The molecule has 1 aliphatic rings. The Hall–Kier alpha value is -0.650. The molecule has 1 fully saturated rings. The largest absolute Gasteiger partial charge is 0.378 e. The minimum atomic E-state index is -0.276. The zero-order chi connectivity index (χ0) is 15.0. The molecule has 20 heavy (non-hydrogen) atoms. The first-order valence-corrected chi connectivity index (χ1v) is 7.64. The fraction of sp³-hybridized carbons (Fsp3) is 0.933. The lowest BCUT2D eigenvalue weighted by Crippen LogP contribution is -2.33. The lowest BCUT2D eigenvalue weighted by Gasteiger charge is -2.26. The van der Waals surface area contributed by atoms with Crippen molar-refractivity contribution in [2.24, 2.45) is 5.73 Å². The highest BCUT2D eigenvalue weighted by Gasteiger charge is 2.18. The van der Waals surface area contributed by atoms with Gasteiger partial charge in [-0.05, 0) is 52.9 Å². The van der Waals surface area contributed by atoms with Crippen molar-refractivity contribution in [2.75, 3.05) is 19.8 Å². The fourth-order valence-corrected chi connectivity index (χ4v) is 2.14. The summed E-state index contributed by atoms with van der Waals surface area (Å²) < 4.78 is 11.2. The highest BCUT2D eigenvalue weighted by Crippen LogP contribution is 2.19. The third-order valence-electron chi connectivity index (χ3n) is 3.35. The normalized spacial score (nSPS) is 23.6. The molecule has 0 aromatic heterocycles. The second kappa shape index (κ2) is 8.60. The predicted octanol–water partition coefficient (Wildman–Crippen LogP) is 1.59. The van der Waals surface area contributed by atoms with Gasteiger partial charge in [-0.15, -0.1) is 0 Å². The molecule has 5 nitrogen and oxygen atoms in total. The van der Waals surface area contributed by atoms with Crippen LogP contribution in [0.3, 0.4) is 0 Å². The van der Waals surface area contributed by atoms with Crippen LogP contribution < -0.4 is 11.1 Å². The van der Waals surface area contributed by atoms with Crippen LogP contribution in [0.25, 0.3) is 0 Å². The third kappa shape index (κ3) is 8.51. The number of nitrogens with one attached hydrogen (secondary N) is 1. The topological polar surface area (TPSA) is 73.6 Å². The SMILES string of the molecule is CC(C)(C)OCC(=O)NCCCOC1CCC(N)CC1. The van der Waals surface area contributed by atoms with E-state index < -0.39 is 0 Å². The summed E-state index contributed by atoms with van der Waals surface area (Å²) in [4.78, 5) is 11.5. The number of hydrogen-bond donors (Lipinski definition) is 2. The number of carbonyl (C=O) groups is 1. The summed E-state index contributed by atoms with van der Waals surface area (Å²) in [5, 5.41) is 2.84. The minimum absolute atomic E-state index is 0.0661. The second-order valence-corrected chi connectivity index (χ2v) is 6.51. The maximum atomic E-state index is 11.5. The summed E-state index contributed by atoms with van der Waals surface area (Å²) >= 11 is 0. The van der Waals surface area contributed by atoms with E-state index in [0.29, 0.717) is 25.3 Å². The molecule has 0 atom stereocenters. The van der Waals surface area contributed by atoms with E-state index in [9.17, 15) is 4.79 Å². The molecule has 1 amide bonds. The maximum Gasteiger partial charge on any atom is 0.246 e. The van der Waals surface area contributed by atoms with E-state index in [2.05, 4.69) is 5.32 Å². The average Bonchev–Trinajstić information content (AvgIpc) is 2.37. The van der Waals surface area contributed by atoms with Gasteiger partial charge >= 0.3 is 0 Å². The Bertz CT molecular complexity index is 281. The standard InChI is InChI=1S/C15H30N2O3/c1-15(2,3)20-11-14(18)17-9-4-10-19-13-7-5-12(16)6-8-13/h12-13H,4-11,16H2,1-3H3,(H,17,18). The van der Waals surface area contributed by atoms with Gasteiger partial charge in [0.15, 0.2) is 0 Å². The number of nitrogens with two attached hydrogens (primary N) is 1. The molecule has 3 N–H and O–H groups in total. The first-order chi connectivity index (χ1) is 9.37. The monoisotopic (exact) mass is 286 g/mol. The van der Waals surface area contributed by atoms with E-state index in [1.807, 2.05) is 20.8 Å². The molecule has 0 spiro atoms. The highest BCUT2D eigenvalue weighted by molar-refractivity contribution is 5.77. The van der Waals surface area contributed by atoms with Gasteiger partial charge in [0.25, 0.3) is 0 Å².